The SMILES string of the molecule is [C-]#CCCCCC.[C-]#CCCCCC.[Ni+2]. The molecule has 0 aromatic rings. The summed E-state index contributed by atoms with van der Waals surface area (Å²) in [6.45, 7) is 4.31. The van der Waals surface area contributed by atoms with Crippen molar-refractivity contribution in [3.8, 4) is 11.8 Å². The molecule has 0 unspecified atom stereocenters. The van der Waals surface area contributed by atoms with E-state index in [2.05, 4.69) is 25.7 Å². The van der Waals surface area contributed by atoms with Crippen LogP contribution in [-0.2, 0) is 16.5 Å². The van der Waals surface area contributed by atoms with Gasteiger partial charge >= 0.3 is 16.5 Å². The molecule has 0 rings (SSSR count). The van der Waals surface area contributed by atoms with Gasteiger partial charge in [-0.05, 0) is 25.7 Å². The molecular weight excluding hydrogens is 227 g/mol. The van der Waals surface area contributed by atoms with Gasteiger partial charge in [0.05, 0.1) is 0 Å². The van der Waals surface area contributed by atoms with Gasteiger partial charge < -0.3 is 24.7 Å². The molecule has 0 atom stereocenters. The molecule has 0 aliphatic heterocycles. The predicted octanol–water partition coefficient (Wildman–Crippen LogP) is 4.31. The summed E-state index contributed by atoms with van der Waals surface area (Å²) in [4.78, 5) is 0. The second kappa shape index (κ2) is 23.4. The van der Waals surface area contributed by atoms with E-state index in [9.17, 15) is 0 Å². The molecule has 0 bridgehead atoms. The summed E-state index contributed by atoms with van der Waals surface area (Å²) in [6.07, 6.45) is 22.0. The van der Waals surface area contributed by atoms with Crippen LogP contribution in [0.4, 0.5) is 0 Å². The van der Waals surface area contributed by atoms with E-state index in [1.807, 2.05) is 0 Å². The maximum Gasteiger partial charge on any atom is 2.00 e. The molecule has 88 valence electrons. The van der Waals surface area contributed by atoms with E-state index < -0.39 is 0 Å². The van der Waals surface area contributed by atoms with Crippen molar-refractivity contribution in [3.63, 3.8) is 0 Å². The molecule has 0 radical (unpaired) electrons. The van der Waals surface area contributed by atoms with Gasteiger partial charge in [0.1, 0.15) is 0 Å². The first kappa shape index (κ1) is 20.1. The molecule has 0 aromatic heterocycles. The third-order valence-corrected chi connectivity index (χ3v) is 1.81. The van der Waals surface area contributed by atoms with Crippen molar-refractivity contribution < 1.29 is 16.5 Å². The molecule has 1 heteroatoms. The quantitative estimate of drug-likeness (QED) is 0.285. The zero-order valence-electron chi connectivity index (χ0n) is 9.97. The average Bonchev–Trinajstić information content (AvgIpc) is 2.21. The molecule has 0 spiro atoms. The van der Waals surface area contributed by atoms with Gasteiger partial charge in [-0.2, -0.15) is 0 Å². The molecule has 0 aromatic carbocycles. The van der Waals surface area contributed by atoms with Crippen LogP contribution in [0.2, 0.25) is 0 Å². The van der Waals surface area contributed by atoms with E-state index in [0.29, 0.717) is 0 Å². The molecule has 0 aliphatic carbocycles. The maximum atomic E-state index is 6.53. The van der Waals surface area contributed by atoms with Gasteiger partial charge in [0.25, 0.3) is 0 Å². The summed E-state index contributed by atoms with van der Waals surface area (Å²) in [7, 11) is 0. The normalized spacial score (nSPS) is 7.47. The van der Waals surface area contributed by atoms with Crippen molar-refractivity contribution in [1.82, 2.24) is 0 Å². The summed E-state index contributed by atoms with van der Waals surface area (Å²) in [6, 6.07) is 0. The van der Waals surface area contributed by atoms with Crippen LogP contribution in [0.25, 0.3) is 0 Å². The topological polar surface area (TPSA) is 0 Å². The summed E-state index contributed by atoms with van der Waals surface area (Å²) in [5.41, 5.74) is 0. The van der Waals surface area contributed by atoms with E-state index in [-0.39, 0.29) is 16.5 Å². The molecular formula is C14H22Ni. The largest absolute Gasteiger partial charge is 2.00 e. The zero-order valence-corrected chi connectivity index (χ0v) is 11.0. The van der Waals surface area contributed by atoms with Gasteiger partial charge in [0.15, 0.2) is 0 Å². The van der Waals surface area contributed by atoms with Crippen molar-refractivity contribution in [1.29, 1.82) is 0 Å². The van der Waals surface area contributed by atoms with Gasteiger partial charge in [-0.25, -0.2) is 0 Å². The molecule has 0 saturated carbocycles. The number of hydrogen-bond acceptors (Lipinski definition) is 0. The minimum atomic E-state index is 0. The fourth-order valence-electron chi connectivity index (χ4n) is 0.927. The van der Waals surface area contributed by atoms with Crippen molar-refractivity contribution in [2.75, 3.05) is 0 Å². The van der Waals surface area contributed by atoms with Gasteiger partial charge in [0.2, 0.25) is 0 Å². The minimum Gasteiger partial charge on any atom is -0.694 e. The molecule has 0 aliphatic rings. The average molecular weight is 249 g/mol. The Hall–Kier alpha value is -0.386. The first-order valence-corrected chi connectivity index (χ1v) is 5.62. The fraction of sp³-hybridized carbons (Fsp3) is 0.714. The molecule has 0 fully saturated rings. The number of hydrogen-bond donors (Lipinski definition) is 0. The monoisotopic (exact) mass is 248 g/mol. The Kier molecular flexibility index (Phi) is 31.4. The smallest absolute Gasteiger partial charge is 0.694 e. The van der Waals surface area contributed by atoms with Crippen molar-refractivity contribution in [2.24, 2.45) is 0 Å². The summed E-state index contributed by atoms with van der Waals surface area (Å²) >= 11 is 0. The first-order chi connectivity index (χ1) is 6.83. The summed E-state index contributed by atoms with van der Waals surface area (Å²) in [5.74, 6) is 4.70. The maximum absolute atomic E-state index is 6.53. The second-order valence-electron chi connectivity index (χ2n) is 3.27. The third-order valence-electron chi connectivity index (χ3n) is 1.81. The molecule has 15 heavy (non-hydrogen) atoms. The van der Waals surface area contributed by atoms with Crippen molar-refractivity contribution in [3.05, 3.63) is 12.8 Å². The molecule has 0 heterocycles. The van der Waals surface area contributed by atoms with Gasteiger partial charge in [-0.15, -0.1) is 0 Å². The van der Waals surface area contributed by atoms with E-state index in [0.717, 1.165) is 25.7 Å². The Bertz CT molecular complexity index is 139. The van der Waals surface area contributed by atoms with Crippen LogP contribution >= 0.6 is 0 Å². The number of rotatable bonds is 6. The van der Waals surface area contributed by atoms with Crippen LogP contribution in [-0.4, -0.2) is 0 Å². The first-order valence-electron chi connectivity index (χ1n) is 5.62. The van der Waals surface area contributed by atoms with Crippen LogP contribution in [0, 0.1) is 24.7 Å². The Balaban J connectivity index is -0.000000180. The van der Waals surface area contributed by atoms with Crippen LogP contribution in [0.15, 0.2) is 0 Å². The minimum absolute atomic E-state index is 0. The fourth-order valence-corrected chi connectivity index (χ4v) is 0.927. The Labute approximate surface area is 107 Å². The van der Waals surface area contributed by atoms with Gasteiger partial charge in [-0.3, -0.25) is 0 Å². The van der Waals surface area contributed by atoms with Crippen LogP contribution in [0.3, 0.4) is 0 Å². The van der Waals surface area contributed by atoms with Gasteiger partial charge in [0, 0.05) is 0 Å². The van der Waals surface area contributed by atoms with Crippen LogP contribution in [0.5, 0.6) is 0 Å². The molecule has 0 amide bonds. The van der Waals surface area contributed by atoms with Gasteiger partial charge in [-0.1, -0.05) is 39.5 Å². The van der Waals surface area contributed by atoms with E-state index in [1.54, 1.807) is 0 Å². The van der Waals surface area contributed by atoms with Crippen molar-refractivity contribution in [2.45, 2.75) is 65.2 Å². The van der Waals surface area contributed by atoms with E-state index in [4.69, 9.17) is 12.8 Å². The summed E-state index contributed by atoms with van der Waals surface area (Å²) in [5, 5.41) is 0. The standard InChI is InChI=1S/2C7H11.Ni/c2*1-3-5-7-6-4-2;/h2*3,5-7H2,1H3;/q2*-1;+2. The molecule has 0 saturated heterocycles. The number of unbranched alkanes of at least 4 members (excludes halogenated alkanes) is 6. The predicted molar refractivity (Wildman–Crippen MR) is 62.5 cm³/mol. The second-order valence-corrected chi connectivity index (χ2v) is 3.27. The van der Waals surface area contributed by atoms with Crippen LogP contribution in [0.1, 0.15) is 65.2 Å². The Morgan fingerprint density at radius 3 is 1.27 bits per heavy atom. The third kappa shape index (κ3) is 31.7. The van der Waals surface area contributed by atoms with E-state index in [1.165, 1.54) is 25.7 Å². The van der Waals surface area contributed by atoms with Crippen LogP contribution < -0.4 is 0 Å². The van der Waals surface area contributed by atoms with Crippen molar-refractivity contribution >= 4 is 0 Å². The Morgan fingerprint density at radius 2 is 1.07 bits per heavy atom. The Morgan fingerprint density at radius 1 is 0.733 bits per heavy atom. The zero-order chi connectivity index (χ0) is 11.1. The van der Waals surface area contributed by atoms with E-state index >= 15 is 0 Å². The summed E-state index contributed by atoms with van der Waals surface area (Å²) < 4.78 is 0. The molecule has 0 N–H and O–H groups in total. The molecule has 0 nitrogen and oxygen atoms in total.